The lowest BCUT2D eigenvalue weighted by atomic mass is 9.95. The van der Waals surface area contributed by atoms with Crippen molar-refractivity contribution in [3.8, 4) is 0 Å². The van der Waals surface area contributed by atoms with Crippen LogP contribution in [0.1, 0.15) is 36.5 Å². The Bertz CT molecular complexity index is 804. The SMILES string of the molecule is CCc1ccc(/C=C/C(=O)N2CCC(C(=O)NCc3ccccc3)CC2)cc1. The molecule has 2 aromatic carbocycles. The number of amides is 2. The van der Waals surface area contributed by atoms with Crippen molar-refractivity contribution in [3.63, 3.8) is 0 Å². The molecule has 4 heteroatoms. The zero-order valence-corrected chi connectivity index (χ0v) is 16.4. The molecule has 1 aliphatic rings. The van der Waals surface area contributed by atoms with Crippen molar-refractivity contribution in [2.24, 2.45) is 5.92 Å². The Balaban J connectivity index is 1.44. The van der Waals surface area contributed by atoms with Gasteiger partial charge in [0, 0.05) is 31.6 Å². The summed E-state index contributed by atoms with van der Waals surface area (Å²) in [5.41, 5.74) is 3.41. The van der Waals surface area contributed by atoms with Gasteiger partial charge in [-0.05, 0) is 42.0 Å². The summed E-state index contributed by atoms with van der Waals surface area (Å²) >= 11 is 0. The molecule has 1 aliphatic heterocycles. The second kappa shape index (κ2) is 9.88. The molecule has 0 spiro atoms. The van der Waals surface area contributed by atoms with Gasteiger partial charge in [0.25, 0.3) is 0 Å². The van der Waals surface area contributed by atoms with Gasteiger partial charge in [0.15, 0.2) is 0 Å². The Kier molecular flexibility index (Phi) is 7.01. The molecule has 2 amide bonds. The van der Waals surface area contributed by atoms with Gasteiger partial charge in [0.05, 0.1) is 0 Å². The van der Waals surface area contributed by atoms with Gasteiger partial charge in [0.2, 0.25) is 11.8 Å². The molecule has 0 saturated carbocycles. The van der Waals surface area contributed by atoms with Gasteiger partial charge in [-0.1, -0.05) is 61.5 Å². The largest absolute Gasteiger partial charge is 0.352 e. The average Bonchev–Trinajstić information content (AvgIpc) is 2.77. The molecule has 1 fully saturated rings. The van der Waals surface area contributed by atoms with E-state index in [0.29, 0.717) is 32.5 Å². The summed E-state index contributed by atoms with van der Waals surface area (Å²) in [6.07, 6.45) is 5.94. The third-order valence-electron chi connectivity index (χ3n) is 5.29. The van der Waals surface area contributed by atoms with Crippen LogP contribution >= 0.6 is 0 Å². The molecule has 1 saturated heterocycles. The molecule has 4 nitrogen and oxygen atoms in total. The lowest BCUT2D eigenvalue weighted by Gasteiger charge is -2.30. The summed E-state index contributed by atoms with van der Waals surface area (Å²) in [5.74, 6) is 0.0866. The van der Waals surface area contributed by atoms with Crippen molar-refractivity contribution in [1.82, 2.24) is 10.2 Å². The van der Waals surface area contributed by atoms with Gasteiger partial charge < -0.3 is 10.2 Å². The van der Waals surface area contributed by atoms with E-state index >= 15 is 0 Å². The van der Waals surface area contributed by atoms with E-state index in [4.69, 9.17) is 0 Å². The highest BCUT2D eigenvalue weighted by Gasteiger charge is 2.26. The predicted octanol–water partition coefficient (Wildman–Crippen LogP) is 3.82. The maximum Gasteiger partial charge on any atom is 0.246 e. The van der Waals surface area contributed by atoms with E-state index in [-0.39, 0.29) is 17.7 Å². The predicted molar refractivity (Wildman–Crippen MR) is 112 cm³/mol. The van der Waals surface area contributed by atoms with E-state index in [1.54, 1.807) is 6.08 Å². The molecular formula is C24H28N2O2. The maximum atomic E-state index is 12.4. The van der Waals surface area contributed by atoms with E-state index < -0.39 is 0 Å². The molecule has 1 heterocycles. The first-order valence-corrected chi connectivity index (χ1v) is 10.0. The number of rotatable bonds is 6. The highest BCUT2D eigenvalue weighted by molar-refractivity contribution is 5.92. The van der Waals surface area contributed by atoms with E-state index in [1.165, 1.54) is 5.56 Å². The molecule has 0 atom stereocenters. The quantitative estimate of drug-likeness (QED) is 0.779. The molecule has 2 aromatic rings. The Morgan fingerprint density at radius 2 is 1.68 bits per heavy atom. The third-order valence-corrected chi connectivity index (χ3v) is 5.29. The monoisotopic (exact) mass is 376 g/mol. The van der Waals surface area contributed by atoms with Gasteiger partial charge in [0.1, 0.15) is 0 Å². The van der Waals surface area contributed by atoms with Crippen LogP contribution in [0.3, 0.4) is 0 Å². The van der Waals surface area contributed by atoms with E-state index in [9.17, 15) is 9.59 Å². The molecule has 0 radical (unpaired) electrons. The van der Waals surface area contributed by atoms with Crippen LogP contribution in [0.25, 0.3) is 6.08 Å². The fraction of sp³-hybridized carbons (Fsp3) is 0.333. The highest BCUT2D eigenvalue weighted by Crippen LogP contribution is 2.18. The summed E-state index contributed by atoms with van der Waals surface area (Å²) in [5, 5.41) is 3.01. The molecule has 0 unspecified atom stereocenters. The number of carbonyl (C=O) groups excluding carboxylic acids is 2. The number of nitrogens with zero attached hydrogens (tertiary/aromatic N) is 1. The smallest absolute Gasteiger partial charge is 0.246 e. The lowest BCUT2D eigenvalue weighted by Crippen LogP contribution is -2.42. The Morgan fingerprint density at radius 1 is 1.00 bits per heavy atom. The number of hydrogen-bond donors (Lipinski definition) is 1. The van der Waals surface area contributed by atoms with Crippen molar-refractivity contribution < 1.29 is 9.59 Å². The minimum Gasteiger partial charge on any atom is -0.352 e. The second-order valence-electron chi connectivity index (χ2n) is 7.23. The average molecular weight is 377 g/mol. The first-order valence-electron chi connectivity index (χ1n) is 10.0. The van der Waals surface area contributed by atoms with Crippen molar-refractivity contribution >= 4 is 17.9 Å². The Hall–Kier alpha value is -2.88. The van der Waals surface area contributed by atoms with Crippen LogP contribution in [0.4, 0.5) is 0 Å². The van der Waals surface area contributed by atoms with E-state index in [0.717, 1.165) is 17.5 Å². The molecule has 146 valence electrons. The van der Waals surface area contributed by atoms with E-state index in [1.807, 2.05) is 53.4 Å². The molecule has 0 bridgehead atoms. The normalized spacial score (nSPS) is 15.0. The highest BCUT2D eigenvalue weighted by atomic mass is 16.2. The van der Waals surface area contributed by atoms with Gasteiger partial charge in [-0.3, -0.25) is 9.59 Å². The summed E-state index contributed by atoms with van der Waals surface area (Å²) in [7, 11) is 0. The standard InChI is InChI=1S/C24H28N2O2/c1-2-19-8-10-20(11-9-19)12-13-23(27)26-16-14-22(15-17-26)24(28)25-18-21-6-4-3-5-7-21/h3-13,22H,2,14-18H2,1H3,(H,25,28)/b13-12+. The summed E-state index contributed by atoms with van der Waals surface area (Å²) in [6, 6.07) is 18.2. The van der Waals surface area contributed by atoms with Crippen LogP contribution in [-0.4, -0.2) is 29.8 Å². The first kappa shape index (κ1) is 19.9. The van der Waals surface area contributed by atoms with Crippen LogP contribution < -0.4 is 5.32 Å². The summed E-state index contributed by atoms with van der Waals surface area (Å²) < 4.78 is 0. The van der Waals surface area contributed by atoms with Crippen LogP contribution in [0.2, 0.25) is 0 Å². The number of nitrogens with one attached hydrogen (secondary N) is 1. The van der Waals surface area contributed by atoms with E-state index in [2.05, 4.69) is 24.4 Å². The molecule has 0 aromatic heterocycles. The molecule has 0 aliphatic carbocycles. The molecule has 3 rings (SSSR count). The number of hydrogen-bond acceptors (Lipinski definition) is 2. The van der Waals surface area contributed by atoms with Gasteiger partial charge in [-0.15, -0.1) is 0 Å². The van der Waals surface area contributed by atoms with Crippen LogP contribution in [0, 0.1) is 5.92 Å². The van der Waals surface area contributed by atoms with Gasteiger partial charge in [-0.2, -0.15) is 0 Å². The molecule has 1 N–H and O–H groups in total. The summed E-state index contributed by atoms with van der Waals surface area (Å²) in [6.45, 7) is 3.93. The molecular weight excluding hydrogens is 348 g/mol. The Labute approximate surface area is 167 Å². The van der Waals surface area contributed by atoms with Gasteiger partial charge >= 0.3 is 0 Å². The zero-order valence-electron chi connectivity index (χ0n) is 16.4. The number of carbonyl (C=O) groups is 2. The number of likely N-dealkylation sites (tertiary alicyclic amines) is 1. The lowest BCUT2D eigenvalue weighted by molar-refractivity contribution is -0.132. The number of benzene rings is 2. The fourth-order valence-electron chi connectivity index (χ4n) is 3.43. The third kappa shape index (κ3) is 5.56. The minimum absolute atomic E-state index is 0.0154. The van der Waals surface area contributed by atoms with Crippen LogP contribution in [0.15, 0.2) is 60.7 Å². The van der Waals surface area contributed by atoms with Crippen LogP contribution in [-0.2, 0) is 22.6 Å². The zero-order chi connectivity index (χ0) is 19.8. The number of piperidine rings is 1. The van der Waals surface area contributed by atoms with Crippen molar-refractivity contribution in [3.05, 3.63) is 77.4 Å². The fourth-order valence-corrected chi connectivity index (χ4v) is 3.43. The summed E-state index contributed by atoms with van der Waals surface area (Å²) in [4.78, 5) is 26.6. The molecule has 28 heavy (non-hydrogen) atoms. The van der Waals surface area contributed by atoms with Crippen molar-refractivity contribution in [1.29, 1.82) is 0 Å². The second-order valence-corrected chi connectivity index (χ2v) is 7.23. The first-order chi connectivity index (χ1) is 13.7. The van der Waals surface area contributed by atoms with Crippen molar-refractivity contribution in [2.75, 3.05) is 13.1 Å². The minimum atomic E-state index is -0.0154. The van der Waals surface area contributed by atoms with Crippen molar-refractivity contribution in [2.45, 2.75) is 32.7 Å². The maximum absolute atomic E-state index is 12.4. The topological polar surface area (TPSA) is 49.4 Å². The Morgan fingerprint density at radius 3 is 2.32 bits per heavy atom. The number of aryl methyl sites for hydroxylation is 1. The van der Waals surface area contributed by atoms with Gasteiger partial charge in [-0.25, -0.2) is 0 Å². The van der Waals surface area contributed by atoms with Crippen LogP contribution in [0.5, 0.6) is 0 Å².